The van der Waals surface area contributed by atoms with Crippen molar-refractivity contribution in [1.29, 1.82) is 0 Å². The maximum absolute atomic E-state index is 14.1. The van der Waals surface area contributed by atoms with Crippen molar-refractivity contribution in [3.05, 3.63) is 58.8 Å². The summed E-state index contributed by atoms with van der Waals surface area (Å²) in [5, 5.41) is 8.39. The summed E-state index contributed by atoms with van der Waals surface area (Å²) in [7, 11) is 1.74. The first-order chi connectivity index (χ1) is 11.5. The molecule has 0 amide bonds. The lowest BCUT2D eigenvalue weighted by Gasteiger charge is -2.20. The van der Waals surface area contributed by atoms with Crippen LogP contribution in [0.4, 0.5) is 20.3 Å². The Hall–Kier alpha value is -2.61. The zero-order chi connectivity index (χ0) is 16.8. The number of rotatable bonds is 2. The van der Waals surface area contributed by atoms with Crippen molar-refractivity contribution in [3.8, 4) is 0 Å². The van der Waals surface area contributed by atoms with Gasteiger partial charge in [0.1, 0.15) is 23.8 Å². The lowest BCUT2D eigenvalue weighted by atomic mass is 10.2. The highest BCUT2D eigenvalue weighted by molar-refractivity contribution is 9.10. The van der Waals surface area contributed by atoms with Crippen LogP contribution in [0.2, 0.25) is 0 Å². The van der Waals surface area contributed by atoms with Crippen LogP contribution in [0.5, 0.6) is 0 Å². The van der Waals surface area contributed by atoms with E-state index in [1.54, 1.807) is 34.5 Å². The third-order valence-electron chi connectivity index (χ3n) is 3.79. The number of benzene rings is 2. The van der Waals surface area contributed by atoms with Gasteiger partial charge in [0.2, 0.25) is 0 Å². The van der Waals surface area contributed by atoms with E-state index in [9.17, 15) is 8.78 Å². The lowest BCUT2D eigenvalue weighted by Crippen LogP contribution is -2.13. The Morgan fingerprint density at radius 1 is 1.17 bits per heavy atom. The number of halogens is 3. The number of fused-ring (bicyclic) bond motifs is 3. The smallest absolute Gasteiger partial charge is 0.257 e. The summed E-state index contributed by atoms with van der Waals surface area (Å²) in [6.07, 6.45) is 1.51. The topological polar surface area (TPSA) is 46.3 Å². The fraction of sp³-hybridized carbons (Fsp3) is 0.0625. The van der Waals surface area contributed by atoms with E-state index in [2.05, 4.69) is 31.1 Å². The van der Waals surface area contributed by atoms with Gasteiger partial charge < -0.3 is 4.90 Å². The summed E-state index contributed by atoms with van der Waals surface area (Å²) in [5.74, 6) is 0.0634. The number of nitrogens with zero attached hydrogens (tertiary/aromatic N) is 5. The molecule has 0 N–H and O–H groups in total. The molecular weight excluding hydrogens is 380 g/mol. The Kier molecular flexibility index (Phi) is 3.42. The van der Waals surface area contributed by atoms with Gasteiger partial charge in [0, 0.05) is 18.1 Å². The highest BCUT2D eigenvalue weighted by atomic mass is 79.9. The van der Waals surface area contributed by atoms with E-state index >= 15 is 0 Å². The largest absolute Gasteiger partial charge is 0.329 e. The second kappa shape index (κ2) is 5.48. The molecular formula is C16H10BrF2N5. The average molecular weight is 390 g/mol. The minimum Gasteiger partial charge on any atom is -0.329 e. The van der Waals surface area contributed by atoms with Crippen LogP contribution in [-0.2, 0) is 0 Å². The Bertz CT molecular complexity index is 1080. The molecule has 0 unspecified atom stereocenters. The van der Waals surface area contributed by atoms with Crippen LogP contribution >= 0.6 is 15.9 Å². The molecule has 0 saturated heterocycles. The Morgan fingerprint density at radius 2 is 2.00 bits per heavy atom. The molecule has 8 heteroatoms. The number of hydrogen-bond acceptors (Lipinski definition) is 4. The van der Waals surface area contributed by atoms with Crippen molar-refractivity contribution >= 4 is 44.1 Å². The van der Waals surface area contributed by atoms with Crippen molar-refractivity contribution in [2.75, 3.05) is 11.9 Å². The monoisotopic (exact) mass is 389 g/mol. The van der Waals surface area contributed by atoms with E-state index in [1.165, 1.54) is 24.5 Å². The number of aromatic nitrogens is 4. The zero-order valence-corrected chi connectivity index (χ0v) is 14.0. The molecule has 2 heterocycles. The van der Waals surface area contributed by atoms with Gasteiger partial charge in [-0.2, -0.15) is 4.98 Å². The second-order valence-corrected chi connectivity index (χ2v) is 6.11. The number of anilines is 2. The van der Waals surface area contributed by atoms with Gasteiger partial charge in [0.25, 0.3) is 5.78 Å². The maximum atomic E-state index is 14.1. The first kappa shape index (κ1) is 14.9. The first-order valence-electron chi connectivity index (χ1n) is 7.02. The van der Waals surface area contributed by atoms with Crippen molar-refractivity contribution in [1.82, 2.24) is 19.6 Å². The SMILES string of the molecule is CN(c1cccc(F)c1)c1nc2nncn2c2cc(Br)c(F)cc12. The molecule has 0 spiro atoms. The first-order valence-corrected chi connectivity index (χ1v) is 7.81. The fourth-order valence-electron chi connectivity index (χ4n) is 2.61. The van der Waals surface area contributed by atoms with Gasteiger partial charge in [-0.1, -0.05) is 6.07 Å². The molecule has 4 aromatic rings. The lowest BCUT2D eigenvalue weighted by molar-refractivity contribution is 0.622. The molecule has 0 atom stereocenters. The third-order valence-corrected chi connectivity index (χ3v) is 4.40. The predicted octanol–water partition coefficient (Wildman–Crippen LogP) is 4.09. The van der Waals surface area contributed by atoms with Crippen LogP contribution in [-0.4, -0.2) is 26.6 Å². The molecule has 2 aromatic heterocycles. The minimum absolute atomic E-state index is 0.329. The highest BCUT2D eigenvalue weighted by Gasteiger charge is 2.17. The van der Waals surface area contributed by atoms with Gasteiger partial charge in [0.15, 0.2) is 0 Å². The summed E-state index contributed by atoms with van der Waals surface area (Å²) in [4.78, 5) is 6.14. The predicted molar refractivity (Wildman–Crippen MR) is 90.4 cm³/mol. The van der Waals surface area contributed by atoms with Gasteiger partial charge in [-0.3, -0.25) is 4.40 Å². The molecule has 2 aromatic carbocycles. The van der Waals surface area contributed by atoms with Crippen LogP contribution in [0.3, 0.4) is 0 Å². The standard InChI is InChI=1S/C16H10BrF2N5/c1-23(10-4-2-3-9(18)5-10)15-11-6-13(19)12(17)7-14(11)24-8-20-22-16(24)21-15/h2-8H,1H3. The summed E-state index contributed by atoms with van der Waals surface area (Å²) in [6.45, 7) is 0. The maximum Gasteiger partial charge on any atom is 0.257 e. The summed E-state index contributed by atoms with van der Waals surface area (Å²) < 4.78 is 29.6. The van der Waals surface area contributed by atoms with E-state index in [1.807, 2.05) is 0 Å². The van der Waals surface area contributed by atoms with E-state index in [-0.39, 0.29) is 5.82 Å². The van der Waals surface area contributed by atoms with E-state index in [0.29, 0.717) is 32.7 Å². The second-order valence-electron chi connectivity index (χ2n) is 5.26. The molecule has 0 saturated carbocycles. The normalized spacial score (nSPS) is 11.3. The van der Waals surface area contributed by atoms with Gasteiger partial charge in [-0.25, -0.2) is 8.78 Å². The molecule has 0 aliphatic rings. The van der Waals surface area contributed by atoms with Crippen molar-refractivity contribution in [2.45, 2.75) is 0 Å². The van der Waals surface area contributed by atoms with Gasteiger partial charge in [-0.05, 0) is 46.3 Å². The van der Waals surface area contributed by atoms with Crippen LogP contribution in [0.25, 0.3) is 16.7 Å². The van der Waals surface area contributed by atoms with Crippen LogP contribution in [0.15, 0.2) is 47.2 Å². The Balaban J connectivity index is 2.04. The number of hydrogen-bond donors (Lipinski definition) is 0. The van der Waals surface area contributed by atoms with Crippen LogP contribution in [0.1, 0.15) is 0 Å². The molecule has 0 bridgehead atoms. The molecule has 24 heavy (non-hydrogen) atoms. The fourth-order valence-corrected chi connectivity index (χ4v) is 2.94. The van der Waals surface area contributed by atoms with Gasteiger partial charge in [-0.15, -0.1) is 10.2 Å². The molecule has 0 aliphatic heterocycles. The van der Waals surface area contributed by atoms with Crippen molar-refractivity contribution in [3.63, 3.8) is 0 Å². The molecule has 0 fully saturated rings. The summed E-state index contributed by atoms with van der Waals surface area (Å²) >= 11 is 3.19. The Morgan fingerprint density at radius 3 is 2.79 bits per heavy atom. The van der Waals surface area contributed by atoms with Crippen molar-refractivity contribution in [2.24, 2.45) is 0 Å². The quantitative estimate of drug-likeness (QED) is 0.518. The van der Waals surface area contributed by atoms with E-state index < -0.39 is 5.82 Å². The van der Waals surface area contributed by atoms with Gasteiger partial charge >= 0.3 is 0 Å². The zero-order valence-electron chi connectivity index (χ0n) is 12.4. The molecule has 0 aliphatic carbocycles. The summed E-state index contributed by atoms with van der Waals surface area (Å²) in [5.41, 5.74) is 1.28. The molecule has 120 valence electrons. The van der Waals surface area contributed by atoms with E-state index in [0.717, 1.165) is 0 Å². The van der Waals surface area contributed by atoms with Crippen LogP contribution in [0, 0.1) is 11.6 Å². The minimum atomic E-state index is -0.411. The average Bonchev–Trinajstić information content (AvgIpc) is 3.03. The van der Waals surface area contributed by atoms with Crippen molar-refractivity contribution < 1.29 is 8.78 Å². The summed E-state index contributed by atoms with van der Waals surface area (Å²) in [6, 6.07) is 9.14. The van der Waals surface area contributed by atoms with E-state index in [4.69, 9.17) is 0 Å². The molecule has 4 rings (SSSR count). The Labute approximate surface area is 143 Å². The van der Waals surface area contributed by atoms with Gasteiger partial charge in [0.05, 0.1) is 9.99 Å². The molecule has 0 radical (unpaired) electrons. The highest BCUT2D eigenvalue weighted by Crippen LogP contribution is 2.32. The third kappa shape index (κ3) is 2.30. The molecule has 5 nitrogen and oxygen atoms in total. The van der Waals surface area contributed by atoms with Crippen LogP contribution < -0.4 is 4.90 Å².